The summed E-state index contributed by atoms with van der Waals surface area (Å²) in [7, 11) is 1.96. The largest absolute Gasteiger partial charge is 0.388 e. The average molecular weight is 313 g/mol. The van der Waals surface area contributed by atoms with Crippen LogP contribution in [-0.4, -0.2) is 30.8 Å². The van der Waals surface area contributed by atoms with E-state index < -0.39 is 5.60 Å². The topological polar surface area (TPSA) is 35.5 Å². The smallest absolute Gasteiger partial charge is 0.0810 e. The molecule has 2 N–H and O–H groups in total. The van der Waals surface area contributed by atoms with Crippen LogP contribution in [0.25, 0.3) is 0 Å². The van der Waals surface area contributed by atoms with Crippen LogP contribution in [-0.2, 0) is 0 Å². The molecule has 1 aliphatic heterocycles. The molecule has 2 unspecified atom stereocenters. The zero-order valence-corrected chi connectivity index (χ0v) is 12.8. The lowest BCUT2D eigenvalue weighted by molar-refractivity contribution is 0.0839. The van der Waals surface area contributed by atoms with E-state index in [1.165, 1.54) is 11.3 Å². The Morgan fingerprint density at radius 3 is 2.72 bits per heavy atom. The van der Waals surface area contributed by atoms with Crippen molar-refractivity contribution in [2.45, 2.75) is 31.9 Å². The highest BCUT2D eigenvalue weighted by Gasteiger charge is 2.32. The van der Waals surface area contributed by atoms with E-state index in [4.69, 9.17) is 0 Å². The third-order valence-electron chi connectivity index (χ3n) is 3.70. The summed E-state index contributed by atoms with van der Waals surface area (Å²) in [6, 6.07) is 6.78. The first kappa shape index (κ1) is 13.8. The molecule has 0 bridgehead atoms. The molecular weight excluding hydrogens is 292 g/mol. The van der Waals surface area contributed by atoms with Gasteiger partial charge >= 0.3 is 0 Å². The normalized spacial score (nSPS) is 25.5. The monoisotopic (exact) mass is 312 g/mol. The third-order valence-corrected chi connectivity index (χ3v) is 4.33. The van der Waals surface area contributed by atoms with Gasteiger partial charge in [0, 0.05) is 23.6 Å². The van der Waals surface area contributed by atoms with Gasteiger partial charge in [0.2, 0.25) is 0 Å². The molecule has 100 valence electrons. The second-order valence-electron chi connectivity index (χ2n) is 5.39. The summed E-state index contributed by atoms with van der Waals surface area (Å²) in [5.74, 6) is 0. The number of benzene rings is 1. The highest BCUT2D eigenvalue weighted by atomic mass is 79.9. The van der Waals surface area contributed by atoms with Crippen LogP contribution in [0.3, 0.4) is 0 Å². The predicted octanol–water partition coefficient (Wildman–Crippen LogP) is 2.69. The van der Waals surface area contributed by atoms with E-state index in [0.717, 1.165) is 17.4 Å². The Bertz CT molecular complexity index is 434. The van der Waals surface area contributed by atoms with Gasteiger partial charge in [-0.05, 0) is 60.9 Å². The SMILES string of the molecule is CNC(C)c1ccc(N2CCC(C)(O)C2)c(Br)c1. The van der Waals surface area contributed by atoms with Gasteiger partial charge in [0.1, 0.15) is 0 Å². The fraction of sp³-hybridized carbons (Fsp3) is 0.571. The Labute approximate surface area is 117 Å². The first-order chi connectivity index (χ1) is 8.43. The molecule has 0 radical (unpaired) electrons. The van der Waals surface area contributed by atoms with Crippen molar-refractivity contribution in [2.24, 2.45) is 0 Å². The van der Waals surface area contributed by atoms with Gasteiger partial charge in [0.15, 0.2) is 0 Å². The summed E-state index contributed by atoms with van der Waals surface area (Å²) in [6.07, 6.45) is 0.827. The van der Waals surface area contributed by atoms with Crippen LogP contribution in [0.5, 0.6) is 0 Å². The first-order valence-corrected chi connectivity index (χ1v) is 7.16. The van der Waals surface area contributed by atoms with Gasteiger partial charge in [0.25, 0.3) is 0 Å². The van der Waals surface area contributed by atoms with Crippen molar-refractivity contribution in [2.75, 3.05) is 25.0 Å². The quantitative estimate of drug-likeness (QED) is 0.901. The van der Waals surface area contributed by atoms with Gasteiger partial charge in [-0.1, -0.05) is 6.07 Å². The number of aliphatic hydroxyl groups is 1. The summed E-state index contributed by atoms with van der Waals surface area (Å²) in [4.78, 5) is 2.23. The van der Waals surface area contributed by atoms with Crippen LogP contribution in [0.1, 0.15) is 31.9 Å². The minimum absolute atomic E-state index is 0.344. The molecule has 1 aromatic rings. The van der Waals surface area contributed by atoms with Crippen LogP contribution >= 0.6 is 15.9 Å². The van der Waals surface area contributed by atoms with Gasteiger partial charge in [-0.2, -0.15) is 0 Å². The average Bonchev–Trinajstić information content (AvgIpc) is 2.68. The lowest BCUT2D eigenvalue weighted by atomic mass is 10.1. The Hall–Kier alpha value is -0.580. The fourth-order valence-electron chi connectivity index (χ4n) is 2.37. The Morgan fingerprint density at radius 2 is 2.22 bits per heavy atom. The standard InChI is InChI=1S/C14H21BrN2O/c1-10(16-3)11-4-5-13(12(15)8-11)17-7-6-14(2,18)9-17/h4-5,8,10,16,18H,6-7,9H2,1-3H3. The Morgan fingerprint density at radius 1 is 1.50 bits per heavy atom. The second kappa shape index (κ2) is 5.19. The molecule has 0 spiro atoms. The Kier molecular flexibility index (Phi) is 3.99. The molecule has 0 aliphatic carbocycles. The lowest BCUT2D eigenvalue weighted by Gasteiger charge is -2.23. The molecule has 0 amide bonds. The summed E-state index contributed by atoms with van der Waals surface area (Å²) >= 11 is 3.64. The van der Waals surface area contributed by atoms with Gasteiger partial charge in [-0.15, -0.1) is 0 Å². The lowest BCUT2D eigenvalue weighted by Crippen LogP contribution is -2.29. The van der Waals surface area contributed by atoms with E-state index in [0.29, 0.717) is 12.6 Å². The summed E-state index contributed by atoms with van der Waals surface area (Å²) < 4.78 is 1.10. The zero-order valence-electron chi connectivity index (χ0n) is 11.2. The van der Waals surface area contributed by atoms with Crippen LogP contribution in [0.2, 0.25) is 0 Å². The van der Waals surface area contributed by atoms with E-state index in [-0.39, 0.29) is 0 Å². The highest BCUT2D eigenvalue weighted by Crippen LogP contribution is 2.33. The molecule has 3 nitrogen and oxygen atoms in total. The number of nitrogens with zero attached hydrogens (tertiary/aromatic N) is 1. The van der Waals surface area contributed by atoms with E-state index in [1.54, 1.807) is 0 Å². The molecule has 0 aromatic heterocycles. The Balaban J connectivity index is 2.20. The summed E-state index contributed by atoms with van der Waals surface area (Å²) in [5, 5.41) is 13.3. The van der Waals surface area contributed by atoms with Crippen molar-refractivity contribution in [3.05, 3.63) is 28.2 Å². The number of β-amino-alcohol motifs (C(OH)–C–C–N with tert-alkyl or cyclic N) is 1. The molecule has 1 fully saturated rings. The molecule has 1 saturated heterocycles. The molecule has 0 saturated carbocycles. The van der Waals surface area contributed by atoms with Crippen molar-refractivity contribution in [3.63, 3.8) is 0 Å². The van der Waals surface area contributed by atoms with E-state index in [1.807, 2.05) is 14.0 Å². The molecule has 2 rings (SSSR count). The minimum Gasteiger partial charge on any atom is -0.388 e. The fourth-order valence-corrected chi connectivity index (χ4v) is 3.01. The maximum atomic E-state index is 10.0. The summed E-state index contributed by atoms with van der Waals surface area (Å²) in [5.41, 5.74) is 1.87. The number of halogens is 1. The summed E-state index contributed by atoms with van der Waals surface area (Å²) in [6.45, 7) is 5.65. The van der Waals surface area contributed by atoms with Crippen LogP contribution in [0.4, 0.5) is 5.69 Å². The van der Waals surface area contributed by atoms with Crippen molar-refractivity contribution >= 4 is 21.6 Å². The molecule has 1 heterocycles. The van der Waals surface area contributed by atoms with Gasteiger partial charge in [-0.25, -0.2) is 0 Å². The number of hydrogen-bond donors (Lipinski definition) is 2. The first-order valence-electron chi connectivity index (χ1n) is 6.37. The van der Waals surface area contributed by atoms with E-state index >= 15 is 0 Å². The van der Waals surface area contributed by atoms with Crippen molar-refractivity contribution in [1.82, 2.24) is 5.32 Å². The van der Waals surface area contributed by atoms with Gasteiger partial charge in [0.05, 0.1) is 11.3 Å². The third kappa shape index (κ3) is 2.87. The number of anilines is 1. The van der Waals surface area contributed by atoms with E-state index in [2.05, 4.69) is 51.3 Å². The van der Waals surface area contributed by atoms with Gasteiger partial charge in [-0.3, -0.25) is 0 Å². The van der Waals surface area contributed by atoms with Crippen molar-refractivity contribution < 1.29 is 5.11 Å². The van der Waals surface area contributed by atoms with Gasteiger partial charge < -0.3 is 15.3 Å². The zero-order chi connectivity index (χ0) is 13.3. The maximum Gasteiger partial charge on any atom is 0.0810 e. The number of rotatable bonds is 3. The highest BCUT2D eigenvalue weighted by molar-refractivity contribution is 9.10. The van der Waals surface area contributed by atoms with E-state index in [9.17, 15) is 5.11 Å². The maximum absolute atomic E-state index is 10.0. The van der Waals surface area contributed by atoms with Crippen molar-refractivity contribution in [3.8, 4) is 0 Å². The number of hydrogen-bond acceptors (Lipinski definition) is 3. The number of nitrogens with one attached hydrogen (secondary N) is 1. The van der Waals surface area contributed by atoms with Crippen LogP contribution in [0.15, 0.2) is 22.7 Å². The van der Waals surface area contributed by atoms with Crippen LogP contribution in [0, 0.1) is 0 Å². The molecule has 2 atom stereocenters. The molecule has 1 aromatic carbocycles. The molecule has 1 aliphatic rings. The van der Waals surface area contributed by atoms with Crippen molar-refractivity contribution in [1.29, 1.82) is 0 Å². The molecule has 18 heavy (non-hydrogen) atoms. The van der Waals surface area contributed by atoms with Crippen LogP contribution < -0.4 is 10.2 Å². The predicted molar refractivity (Wildman–Crippen MR) is 79.1 cm³/mol. The molecule has 4 heteroatoms. The molecular formula is C14H21BrN2O. The minimum atomic E-state index is -0.559. The second-order valence-corrected chi connectivity index (χ2v) is 6.24.